The highest BCUT2D eigenvalue weighted by Crippen LogP contribution is 2.23. The maximum absolute atomic E-state index is 12.7. The smallest absolute Gasteiger partial charge is 0.335 e. The van der Waals surface area contributed by atoms with E-state index in [-0.39, 0.29) is 16.6 Å². The first-order valence-corrected chi connectivity index (χ1v) is 9.15. The van der Waals surface area contributed by atoms with Crippen LogP contribution in [0.15, 0.2) is 58.7 Å². The Kier molecular flexibility index (Phi) is 5.99. The fraction of sp³-hybridized carbons (Fsp3) is 0.150. The summed E-state index contributed by atoms with van der Waals surface area (Å²) in [6.45, 7) is 3.73. The number of rotatable bonds is 5. The molecule has 0 spiro atoms. The van der Waals surface area contributed by atoms with Crippen LogP contribution in [0.25, 0.3) is 0 Å². The summed E-state index contributed by atoms with van der Waals surface area (Å²) in [7, 11) is 0. The average Bonchev–Trinajstić information content (AvgIpc) is 2.97. The Hall–Kier alpha value is -3.59. The lowest BCUT2D eigenvalue weighted by Crippen LogP contribution is -2.30. The number of carbonyl (C=O) groups is 2. The maximum Gasteiger partial charge on any atom is 0.335 e. The minimum absolute atomic E-state index is 0.140. The third kappa shape index (κ3) is 4.82. The first-order valence-electron chi connectivity index (χ1n) is 8.74. The predicted molar refractivity (Wildman–Crippen MR) is 117 cm³/mol. The van der Waals surface area contributed by atoms with Crippen molar-refractivity contribution in [3.63, 3.8) is 0 Å². The van der Waals surface area contributed by atoms with Crippen LogP contribution in [-0.2, 0) is 4.79 Å². The van der Waals surface area contributed by atoms with Gasteiger partial charge in [0.1, 0.15) is 5.92 Å². The van der Waals surface area contributed by atoms with E-state index in [0.29, 0.717) is 17.1 Å². The molecule has 0 saturated heterocycles. The van der Waals surface area contributed by atoms with E-state index in [1.54, 1.807) is 19.1 Å². The highest BCUT2D eigenvalue weighted by molar-refractivity contribution is 7.80. The Bertz CT molecular complexity index is 1020. The standard InChI is InChI=1S/C20H19N5O3S/c1-12-6-8-16(9-7-12)25-18(26)17(13(2)24-25)11-21-23-20(29)22-15-5-3-4-14(10-15)19(27)28/h3-11,17H,1-2H3,(H,27,28)(H2,22,23,29)/b21-11+. The van der Waals surface area contributed by atoms with Crippen LogP contribution in [0.4, 0.5) is 11.4 Å². The summed E-state index contributed by atoms with van der Waals surface area (Å²) < 4.78 is 0. The number of carboxylic acids is 1. The van der Waals surface area contributed by atoms with Crippen molar-refractivity contribution in [2.75, 3.05) is 10.3 Å². The maximum atomic E-state index is 12.7. The number of benzene rings is 2. The molecule has 8 nitrogen and oxygen atoms in total. The summed E-state index contributed by atoms with van der Waals surface area (Å²) in [6, 6.07) is 13.7. The number of carbonyl (C=O) groups excluding carboxylic acids is 1. The number of thiocarbonyl (C=S) groups is 1. The normalized spacial score (nSPS) is 16.1. The lowest BCUT2D eigenvalue weighted by Gasteiger charge is -2.13. The molecule has 1 amide bonds. The van der Waals surface area contributed by atoms with E-state index in [4.69, 9.17) is 17.3 Å². The Morgan fingerprint density at radius 1 is 1.24 bits per heavy atom. The summed E-state index contributed by atoms with van der Waals surface area (Å²) in [5.41, 5.74) is 5.69. The molecule has 29 heavy (non-hydrogen) atoms. The van der Waals surface area contributed by atoms with Gasteiger partial charge in [0, 0.05) is 11.9 Å². The second kappa shape index (κ2) is 8.61. The van der Waals surface area contributed by atoms with E-state index in [2.05, 4.69) is 20.9 Å². The van der Waals surface area contributed by atoms with Crippen LogP contribution in [0, 0.1) is 12.8 Å². The average molecular weight is 409 g/mol. The van der Waals surface area contributed by atoms with Crippen molar-refractivity contribution in [2.45, 2.75) is 13.8 Å². The van der Waals surface area contributed by atoms with Gasteiger partial charge in [0.25, 0.3) is 5.91 Å². The molecule has 1 aliphatic heterocycles. The van der Waals surface area contributed by atoms with Gasteiger partial charge < -0.3 is 10.4 Å². The Balaban J connectivity index is 1.60. The molecule has 3 rings (SSSR count). The van der Waals surface area contributed by atoms with Gasteiger partial charge in [0.05, 0.1) is 17.0 Å². The molecule has 2 aromatic rings. The van der Waals surface area contributed by atoms with Crippen LogP contribution < -0.4 is 15.8 Å². The van der Waals surface area contributed by atoms with E-state index in [9.17, 15) is 9.59 Å². The number of hydrogen-bond acceptors (Lipinski definition) is 5. The number of nitrogens with one attached hydrogen (secondary N) is 2. The van der Waals surface area contributed by atoms with E-state index < -0.39 is 11.9 Å². The summed E-state index contributed by atoms with van der Waals surface area (Å²) in [4.78, 5) is 23.7. The zero-order chi connectivity index (χ0) is 21.0. The van der Waals surface area contributed by atoms with Crippen LogP contribution in [0.5, 0.6) is 0 Å². The van der Waals surface area contributed by atoms with Crippen LogP contribution >= 0.6 is 12.2 Å². The molecule has 0 bridgehead atoms. The molecule has 148 valence electrons. The molecule has 1 atom stereocenters. The fourth-order valence-corrected chi connectivity index (χ4v) is 2.85. The van der Waals surface area contributed by atoms with Crippen molar-refractivity contribution >= 4 is 52.5 Å². The van der Waals surface area contributed by atoms with Gasteiger partial charge in [-0.15, -0.1) is 0 Å². The predicted octanol–water partition coefficient (Wildman–Crippen LogP) is 3.00. The molecule has 0 fully saturated rings. The lowest BCUT2D eigenvalue weighted by atomic mass is 10.1. The van der Waals surface area contributed by atoms with Crippen molar-refractivity contribution < 1.29 is 14.7 Å². The van der Waals surface area contributed by atoms with Crippen LogP contribution in [-0.4, -0.2) is 34.0 Å². The van der Waals surface area contributed by atoms with Crippen LogP contribution in [0.2, 0.25) is 0 Å². The zero-order valence-electron chi connectivity index (χ0n) is 15.8. The first kappa shape index (κ1) is 20.2. The molecule has 0 saturated carbocycles. The summed E-state index contributed by atoms with van der Waals surface area (Å²) in [5, 5.41) is 21.7. The topological polar surface area (TPSA) is 106 Å². The van der Waals surface area contributed by atoms with Gasteiger partial charge in [0.2, 0.25) is 0 Å². The fourth-order valence-electron chi connectivity index (χ4n) is 2.68. The zero-order valence-corrected chi connectivity index (χ0v) is 16.6. The van der Waals surface area contributed by atoms with Gasteiger partial charge >= 0.3 is 5.97 Å². The van der Waals surface area contributed by atoms with Gasteiger partial charge in [-0.05, 0) is 56.4 Å². The van der Waals surface area contributed by atoms with E-state index >= 15 is 0 Å². The number of aryl methyl sites for hydroxylation is 1. The highest BCUT2D eigenvalue weighted by atomic mass is 32.1. The van der Waals surface area contributed by atoms with E-state index in [1.807, 2.05) is 31.2 Å². The van der Waals surface area contributed by atoms with Gasteiger partial charge in [-0.25, -0.2) is 4.79 Å². The lowest BCUT2D eigenvalue weighted by molar-refractivity contribution is -0.118. The van der Waals surface area contributed by atoms with Gasteiger partial charge in [-0.2, -0.15) is 15.2 Å². The monoisotopic (exact) mass is 409 g/mol. The SMILES string of the molecule is CC1=NN(c2ccc(C)cc2)C(=O)C1/C=N/NC(=S)Nc1cccc(C(=O)O)c1. The second-order valence-electron chi connectivity index (χ2n) is 6.43. The molecular formula is C20H19N5O3S. The Morgan fingerprint density at radius 2 is 1.97 bits per heavy atom. The number of amides is 1. The number of nitrogens with zero attached hydrogens (tertiary/aromatic N) is 3. The van der Waals surface area contributed by atoms with Crippen molar-refractivity contribution in [3.8, 4) is 0 Å². The molecule has 1 heterocycles. The molecular weight excluding hydrogens is 390 g/mol. The number of hydrazone groups is 2. The van der Waals surface area contributed by atoms with E-state index in [1.165, 1.54) is 23.4 Å². The molecule has 0 radical (unpaired) electrons. The van der Waals surface area contributed by atoms with Crippen LogP contribution in [0.3, 0.4) is 0 Å². The molecule has 3 N–H and O–H groups in total. The third-order valence-corrected chi connectivity index (χ3v) is 4.41. The largest absolute Gasteiger partial charge is 0.478 e. The highest BCUT2D eigenvalue weighted by Gasteiger charge is 2.33. The molecule has 1 unspecified atom stereocenters. The minimum Gasteiger partial charge on any atom is -0.478 e. The third-order valence-electron chi connectivity index (χ3n) is 4.22. The summed E-state index contributed by atoms with van der Waals surface area (Å²) >= 11 is 5.15. The number of aromatic carboxylic acids is 1. The molecule has 0 aliphatic carbocycles. The Labute approximate surface area is 172 Å². The first-order chi connectivity index (χ1) is 13.8. The molecule has 1 aliphatic rings. The van der Waals surface area contributed by atoms with Gasteiger partial charge in [-0.3, -0.25) is 10.2 Å². The number of anilines is 2. The van der Waals surface area contributed by atoms with Crippen molar-refractivity contribution in [1.29, 1.82) is 0 Å². The van der Waals surface area contributed by atoms with Gasteiger partial charge in [-0.1, -0.05) is 23.8 Å². The number of carboxylic acid groups (broad SMARTS) is 1. The minimum atomic E-state index is -1.03. The molecule has 2 aromatic carbocycles. The van der Waals surface area contributed by atoms with Crippen molar-refractivity contribution in [1.82, 2.24) is 5.43 Å². The second-order valence-corrected chi connectivity index (χ2v) is 6.84. The molecule has 0 aromatic heterocycles. The summed E-state index contributed by atoms with van der Waals surface area (Å²) in [5.74, 6) is -1.83. The summed E-state index contributed by atoms with van der Waals surface area (Å²) in [6.07, 6.45) is 1.44. The Morgan fingerprint density at radius 3 is 2.66 bits per heavy atom. The molecule has 9 heteroatoms. The van der Waals surface area contributed by atoms with Crippen molar-refractivity contribution in [2.24, 2.45) is 16.1 Å². The van der Waals surface area contributed by atoms with Crippen LogP contribution in [0.1, 0.15) is 22.8 Å². The quantitative estimate of drug-likeness (QED) is 0.398. The van der Waals surface area contributed by atoms with Crippen molar-refractivity contribution in [3.05, 3.63) is 59.7 Å². The van der Waals surface area contributed by atoms with E-state index in [0.717, 1.165) is 5.56 Å². The van der Waals surface area contributed by atoms with Gasteiger partial charge in [0.15, 0.2) is 5.11 Å². The number of hydrogen-bond donors (Lipinski definition) is 3.